The van der Waals surface area contributed by atoms with Gasteiger partial charge in [0, 0.05) is 9.86 Å². The van der Waals surface area contributed by atoms with Gasteiger partial charge in [0.05, 0.1) is 19.8 Å². The highest BCUT2D eigenvalue weighted by Crippen LogP contribution is 2.28. The summed E-state index contributed by atoms with van der Waals surface area (Å²) in [7, 11) is 0. The molecular formula is C23H14BrCl2IN2O3. The number of benzene rings is 3. The molecule has 32 heavy (non-hydrogen) atoms. The van der Waals surface area contributed by atoms with Gasteiger partial charge in [-0.2, -0.15) is 5.10 Å². The first-order valence-corrected chi connectivity index (χ1v) is 11.9. The fourth-order valence-electron chi connectivity index (χ4n) is 2.85. The predicted molar refractivity (Wildman–Crippen MR) is 139 cm³/mol. The second kappa shape index (κ2) is 10.2. The smallest absolute Gasteiger partial charge is 0.307 e. The van der Waals surface area contributed by atoms with Crippen molar-refractivity contribution in [1.29, 1.82) is 0 Å². The van der Waals surface area contributed by atoms with Gasteiger partial charge in [-0.3, -0.25) is 4.79 Å². The molecule has 4 rings (SSSR count). The van der Waals surface area contributed by atoms with Gasteiger partial charge in [0.25, 0.3) is 0 Å². The fraction of sp³-hybridized carbons (Fsp3) is 0.0435. The number of furan rings is 1. The van der Waals surface area contributed by atoms with Crippen molar-refractivity contribution in [3.05, 3.63) is 95.6 Å². The molecule has 5 nitrogen and oxygen atoms in total. The Labute approximate surface area is 216 Å². The topological polar surface area (TPSA) is 63.8 Å². The van der Waals surface area contributed by atoms with Gasteiger partial charge >= 0.3 is 5.91 Å². The third kappa shape index (κ3) is 5.64. The molecule has 0 aliphatic rings. The lowest BCUT2D eigenvalue weighted by molar-refractivity contribution is 0.0929. The SMILES string of the molecule is O=C(N/N=C\c1ccc(OCc2ccc(Cl)c(Cl)c2)cc1)c1cc2cc(Br)cc(I)c2o1. The van der Waals surface area contributed by atoms with Crippen molar-refractivity contribution in [2.45, 2.75) is 6.61 Å². The highest BCUT2D eigenvalue weighted by Gasteiger charge is 2.14. The lowest BCUT2D eigenvalue weighted by atomic mass is 10.2. The molecule has 9 heteroatoms. The van der Waals surface area contributed by atoms with Gasteiger partial charge in [-0.1, -0.05) is 45.2 Å². The van der Waals surface area contributed by atoms with Crippen LogP contribution in [-0.2, 0) is 6.61 Å². The molecule has 3 aromatic carbocycles. The van der Waals surface area contributed by atoms with Crippen LogP contribution in [0.4, 0.5) is 0 Å². The standard InChI is InChI=1S/C23H14BrCl2IN2O3/c24-16-8-15-9-21(32-22(15)20(27)10-16)23(30)29-28-11-13-1-4-17(5-2-13)31-12-14-3-6-18(25)19(26)7-14/h1-11H,12H2,(H,29,30)/b28-11-. The van der Waals surface area contributed by atoms with Crippen LogP contribution in [0.25, 0.3) is 11.0 Å². The maximum Gasteiger partial charge on any atom is 0.307 e. The molecule has 4 aromatic rings. The summed E-state index contributed by atoms with van der Waals surface area (Å²) in [6.07, 6.45) is 1.55. The predicted octanol–water partition coefficient (Wildman–Crippen LogP) is 7.45. The number of nitrogens with zero attached hydrogens (tertiary/aromatic N) is 1. The third-order valence-corrected chi connectivity index (χ3v) is 6.41. The molecule has 1 heterocycles. The molecule has 1 amide bonds. The Morgan fingerprint density at radius 3 is 2.62 bits per heavy atom. The van der Waals surface area contributed by atoms with Gasteiger partial charge in [-0.25, -0.2) is 5.43 Å². The van der Waals surface area contributed by atoms with E-state index in [9.17, 15) is 4.79 Å². The average Bonchev–Trinajstić information content (AvgIpc) is 3.20. The Kier molecular flexibility index (Phi) is 7.40. The molecule has 0 unspecified atom stereocenters. The summed E-state index contributed by atoms with van der Waals surface area (Å²) in [4.78, 5) is 12.3. The summed E-state index contributed by atoms with van der Waals surface area (Å²) in [5.41, 5.74) is 4.87. The minimum Gasteiger partial charge on any atom is -0.489 e. The Hall–Kier alpha value is -2.07. The molecule has 0 bridgehead atoms. The normalized spacial score (nSPS) is 11.2. The number of amides is 1. The number of carbonyl (C=O) groups is 1. The van der Waals surface area contributed by atoms with Crippen LogP contribution in [-0.4, -0.2) is 12.1 Å². The van der Waals surface area contributed by atoms with Gasteiger partial charge in [0.15, 0.2) is 5.76 Å². The summed E-state index contributed by atoms with van der Waals surface area (Å²) in [6, 6.07) is 18.2. The van der Waals surface area contributed by atoms with E-state index in [4.69, 9.17) is 32.4 Å². The largest absolute Gasteiger partial charge is 0.489 e. The van der Waals surface area contributed by atoms with Crippen LogP contribution in [0.5, 0.6) is 5.75 Å². The molecule has 162 valence electrons. The van der Waals surface area contributed by atoms with E-state index in [1.807, 2.05) is 42.5 Å². The minimum absolute atomic E-state index is 0.194. The Bertz CT molecular complexity index is 1320. The van der Waals surface area contributed by atoms with Crippen LogP contribution in [0, 0.1) is 3.57 Å². The summed E-state index contributed by atoms with van der Waals surface area (Å²) >= 11 is 17.5. The first-order chi connectivity index (χ1) is 15.4. The first kappa shape index (κ1) is 23.1. The van der Waals surface area contributed by atoms with Crippen molar-refractivity contribution in [3.63, 3.8) is 0 Å². The van der Waals surface area contributed by atoms with Crippen LogP contribution in [0.3, 0.4) is 0 Å². The molecule has 0 aliphatic carbocycles. The number of halogens is 4. The molecule has 0 saturated heterocycles. The van der Waals surface area contributed by atoms with Crippen molar-refractivity contribution in [1.82, 2.24) is 5.43 Å². The number of hydrogen-bond donors (Lipinski definition) is 1. The van der Waals surface area contributed by atoms with Crippen LogP contribution in [0.2, 0.25) is 10.0 Å². The van der Waals surface area contributed by atoms with Crippen molar-refractivity contribution in [3.8, 4) is 5.75 Å². The summed E-state index contributed by atoms with van der Waals surface area (Å²) in [5, 5.41) is 5.85. The lowest BCUT2D eigenvalue weighted by Crippen LogP contribution is -2.16. The van der Waals surface area contributed by atoms with Crippen molar-refractivity contribution in [2.24, 2.45) is 5.10 Å². The molecule has 0 saturated carbocycles. The number of rotatable bonds is 6. The van der Waals surface area contributed by atoms with Crippen molar-refractivity contribution in [2.75, 3.05) is 0 Å². The van der Waals surface area contributed by atoms with E-state index in [1.165, 1.54) is 0 Å². The van der Waals surface area contributed by atoms with Crippen LogP contribution in [0.1, 0.15) is 21.7 Å². The molecule has 0 spiro atoms. The second-order valence-corrected chi connectivity index (χ2v) is 9.61. The monoisotopic (exact) mass is 642 g/mol. The van der Waals surface area contributed by atoms with Crippen LogP contribution in [0.15, 0.2) is 74.7 Å². The van der Waals surface area contributed by atoms with E-state index in [2.05, 4.69) is 49.0 Å². The number of fused-ring (bicyclic) bond motifs is 1. The minimum atomic E-state index is -0.425. The van der Waals surface area contributed by atoms with Gasteiger partial charge in [0.1, 0.15) is 17.9 Å². The third-order valence-electron chi connectivity index (χ3n) is 4.41. The number of carbonyl (C=O) groups excluding carboxylic acids is 1. The van der Waals surface area contributed by atoms with Crippen LogP contribution < -0.4 is 10.2 Å². The van der Waals surface area contributed by atoms with E-state index < -0.39 is 5.91 Å². The molecule has 1 N–H and O–H groups in total. The molecule has 0 atom stereocenters. The van der Waals surface area contributed by atoms with Gasteiger partial charge in [0.2, 0.25) is 0 Å². The van der Waals surface area contributed by atoms with Gasteiger partial charge < -0.3 is 9.15 Å². The molecular weight excluding hydrogens is 630 g/mol. The molecule has 1 aromatic heterocycles. The molecule has 0 fully saturated rings. The molecule has 0 aliphatic heterocycles. The first-order valence-electron chi connectivity index (χ1n) is 9.28. The van der Waals surface area contributed by atoms with Gasteiger partial charge in [-0.05, 0) is 88.3 Å². The number of hydrogen-bond acceptors (Lipinski definition) is 4. The zero-order valence-electron chi connectivity index (χ0n) is 16.2. The van der Waals surface area contributed by atoms with Crippen LogP contribution >= 0.6 is 61.7 Å². The highest BCUT2D eigenvalue weighted by molar-refractivity contribution is 14.1. The number of ether oxygens (including phenoxy) is 1. The Morgan fingerprint density at radius 1 is 1.09 bits per heavy atom. The van der Waals surface area contributed by atoms with E-state index in [0.29, 0.717) is 28.0 Å². The van der Waals surface area contributed by atoms with E-state index in [0.717, 1.165) is 24.6 Å². The van der Waals surface area contributed by atoms with Crippen molar-refractivity contribution >= 4 is 84.8 Å². The highest BCUT2D eigenvalue weighted by atomic mass is 127. The maximum atomic E-state index is 12.3. The Balaban J connectivity index is 1.34. The zero-order chi connectivity index (χ0) is 22.7. The Morgan fingerprint density at radius 2 is 1.88 bits per heavy atom. The second-order valence-electron chi connectivity index (χ2n) is 6.72. The lowest BCUT2D eigenvalue weighted by Gasteiger charge is -2.07. The van der Waals surface area contributed by atoms with E-state index in [-0.39, 0.29) is 5.76 Å². The summed E-state index contributed by atoms with van der Waals surface area (Å²) < 4.78 is 13.3. The van der Waals surface area contributed by atoms with E-state index in [1.54, 1.807) is 24.4 Å². The molecule has 0 radical (unpaired) electrons. The summed E-state index contributed by atoms with van der Waals surface area (Å²) in [5.74, 6) is 0.463. The maximum absolute atomic E-state index is 12.3. The van der Waals surface area contributed by atoms with Gasteiger partial charge in [-0.15, -0.1) is 0 Å². The number of nitrogens with one attached hydrogen (secondary N) is 1. The average molecular weight is 644 g/mol. The number of hydrazone groups is 1. The summed E-state index contributed by atoms with van der Waals surface area (Å²) in [6.45, 7) is 0.368. The zero-order valence-corrected chi connectivity index (χ0v) is 21.5. The fourth-order valence-corrected chi connectivity index (χ4v) is 4.84. The quantitative estimate of drug-likeness (QED) is 0.135. The van der Waals surface area contributed by atoms with E-state index >= 15 is 0 Å². The van der Waals surface area contributed by atoms with Crippen molar-refractivity contribution < 1.29 is 13.9 Å².